The molecule has 0 aliphatic carbocycles. The third kappa shape index (κ3) is 3.52. The number of hydrogen-bond acceptors (Lipinski definition) is 2. The molecule has 1 unspecified atom stereocenters. The maximum atomic E-state index is 12.4. The summed E-state index contributed by atoms with van der Waals surface area (Å²) in [5.74, 6) is -0.119. The first kappa shape index (κ1) is 15.3. The van der Waals surface area contributed by atoms with E-state index in [1.54, 1.807) is 11.0 Å². The summed E-state index contributed by atoms with van der Waals surface area (Å²) in [4.78, 5) is 25.6. The second-order valence-corrected chi connectivity index (χ2v) is 6.10. The third-order valence-corrected chi connectivity index (χ3v) is 4.18. The van der Waals surface area contributed by atoms with Crippen molar-refractivity contribution in [3.63, 3.8) is 0 Å². The Bertz CT molecular complexity index is 536. The van der Waals surface area contributed by atoms with Crippen LogP contribution in [0.1, 0.15) is 25.3 Å². The molecule has 1 N–H and O–H groups in total. The first-order chi connectivity index (χ1) is 9.51. The highest BCUT2D eigenvalue weighted by atomic mass is 79.9. The predicted octanol–water partition coefficient (Wildman–Crippen LogP) is 2.73. The van der Waals surface area contributed by atoms with Gasteiger partial charge in [0, 0.05) is 29.0 Å². The summed E-state index contributed by atoms with van der Waals surface area (Å²) in [5, 5.41) is 3.36. The van der Waals surface area contributed by atoms with Crippen molar-refractivity contribution in [2.45, 2.75) is 32.4 Å². The summed E-state index contributed by atoms with van der Waals surface area (Å²) >= 11 is 9.54. The maximum absolute atomic E-state index is 12.4. The Labute approximate surface area is 131 Å². The monoisotopic (exact) mass is 358 g/mol. The van der Waals surface area contributed by atoms with E-state index in [0.717, 1.165) is 10.0 Å². The van der Waals surface area contributed by atoms with Gasteiger partial charge in [-0.05, 0) is 24.1 Å². The van der Waals surface area contributed by atoms with Crippen molar-refractivity contribution >= 4 is 39.3 Å². The second-order valence-electron chi connectivity index (χ2n) is 4.77. The first-order valence-corrected chi connectivity index (χ1v) is 7.70. The lowest BCUT2D eigenvalue weighted by Crippen LogP contribution is -2.43. The smallest absolute Gasteiger partial charge is 0.245 e. The quantitative estimate of drug-likeness (QED) is 0.902. The molecule has 1 aromatic rings. The zero-order valence-corrected chi connectivity index (χ0v) is 13.5. The SMILES string of the molecule is CCC1NC(=O)CCN(Cc2ccc(Br)cc2Cl)C1=O. The van der Waals surface area contributed by atoms with Crippen molar-refractivity contribution in [1.29, 1.82) is 0 Å². The number of benzene rings is 1. The summed E-state index contributed by atoms with van der Waals surface area (Å²) in [7, 11) is 0. The number of nitrogens with zero attached hydrogens (tertiary/aromatic N) is 1. The van der Waals surface area contributed by atoms with Gasteiger partial charge in [0.2, 0.25) is 11.8 Å². The molecular formula is C14H16BrClN2O2. The molecule has 20 heavy (non-hydrogen) atoms. The molecule has 1 atom stereocenters. The van der Waals surface area contributed by atoms with Crippen LogP contribution in [0, 0.1) is 0 Å². The summed E-state index contributed by atoms with van der Waals surface area (Å²) < 4.78 is 0.900. The minimum absolute atomic E-state index is 0.0441. The number of halogens is 2. The normalized spacial score (nSPS) is 19.8. The standard InChI is InChI=1S/C14H16BrClN2O2/c1-2-12-14(20)18(6-5-13(19)17-12)8-9-3-4-10(15)7-11(9)16/h3-4,7,12H,2,5-6,8H2,1H3,(H,17,19). The Balaban J connectivity index is 2.18. The lowest BCUT2D eigenvalue weighted by atomic mass is 10.1. The molecule has 0 saturated carbocycles. The molecule has 2 rings (SSSR count). The van der Waals surface area contributed by atoms with E-state index in [9.17, 15) is 9.59 Å². The molecule has 2 amide bonds. The Morgan fingerprint density at radius 3 is 2.85 bits per heavy atom. The van der Waals surface area contributed by atoms with Crippen LogP contribution in [0.2, 0.25) is 5.02 Å². The molecule has 6 heteroatoms. The van der Waals surface area contributed by atoms with Crippen molar-refractivity contribution in [3.05, 3.63) is 33.3 Å². The van der Waals surface area contributed by atoms with Gasteiger partial charge in [0.15, 0.2) is 0 Å². The minimum atomic E-state index is -0.431. The molecule has 1 saturated heterocycles. The molecule has 0 bridgehead atoms. The Morgan fingerprint density at radius 1 is 1.45 bits per heavy atom. The van der Waals surface area contributed by atoms with Gasteiger partial charge in [-0.1, -0.05) is 40.5 Å². The van der Waals surface area contributed by atoms with Gasteiger partial charge in [-0.2, -0.15) is 0 Å². The van der Waals surface area contributed by atoms with Gasteiger partial charge in [0.25, 0.3) is 0 Å². The third-order valence-electron chi connectivity index (χ3n) is 3.34. The van der Waals surface area contributed by atoms with E-state index in [1.165, 1.54) is 0 Å². The Kier molecular flexibility index (Phi) is 5.05. The molecule has 1 heterocycles. The Hall–Kier alpha value is -1.07. The van der Waals surface area contributed by atoms with E-state index < -0.39 is 6.04 Å². The molecule has 1 aliphatic rings. The fourth-order valence-electron chi connectivity index (χ4n) is 2.18. The van der Waals surface area contributed by atoms with Gasteiger partial charge in [-0.15, -0.1) is 0 Å². The van der Waals surface area contributed by atoms with Crippen molar-refractivity contribution < 1.29 is 9.59 Å². The number of nitrogens with one attached hydrogen (secondary N) is 1. The van der Waals surface area contributed by atoms with Crippen LogP contribution in [-0.2, 0) is 16.1 Å². The van der Waals surface area contributed by atoms with Crippen molar-refractivity contribution in [3.8, 4) is 0 Å². The predicted molar refractivity (Wildman–Crippen MR) is 81.4 cm³/mol. The van der Waals surface area contributed by atoms with Crippen LogP contribution in [0.3, 0.4) is 0 Å². The lowest BCUT2D eigenvalue weighted by Gasteiger charge is -2.24. The average Bonchev–Trinajstić information content (AvgIpc) is 2.54. The van der Waals surface area contributed by atoms with Crippen molar-refractivity contribution in [2.24, 2.45) is 0 Å². The van der Waals surface area contributed by atoms with Crippen LogP contribution < -0.4 is 5.32 Å². The van der Waals surface area contributed by atoms with Crippen LogP contribution in [0.15, 0.2) is 22.7 Å². The number of carbonyl (C=O) groups excluding carboxylic acids is 2. The highest BCUT2D eigenvalue weighted by Crippen LogP contribution is 2.23. The first-order valence-electron chi connectivity index (χ1n) is 6.53. The molecule has 0 aromatic heterocycles. The second kappa shape index (κ2) is 6.59. The molecular weight excluding hydrogens is 344 g/mol. The zero-order chi connectivity index (χ0) is 14.7. The number of rotatable bonds is 3. The van der Waals surface area contributed by atoms with Crippen LogP contribution in [0.5, 0.6) is 0 Å². The fraction of sp³-hybridized carbons (Fsp3) is 0.429. The number of carbonyl (C=O) groups is 2. The number of amides is 2. The summed E-state index contributed by atoms with van der Waals surface area (Å²) in [6.07, 6.45) is 0.922. The summed E-state index contributed by atoms with van der Waals surface area (Å²) in [6, 6.07) is 5.16. The van der Waals surface area contributed by atoms with E-state index >= 15 is 0 Å². The average molecular weight is 360 g/mol. The van der Waals surface area contributed by atoms with Crippen LogP contribution in [-0.4, -0.2) is 29.3 Å². The molecule has 0 spiro atoms. The molecule has 1 aromatic carbocycles. The van der Waals surface area contributed by atoms with Gasteiger partial charge in [-0.3, -0.25) is 9.59 Å². The van der Waals surface area contributed by atoms with Gasteiger partial charge < -0.3 is 10.2 Å². The van der Waals surface area contributed by atoms with Crippen molar-refractivity contribution in [1.82, 2.24) is 10.2 Å². The molecule has 0 radical (unpaired) electrons. The fourth-order valence-corrected chi connectivity index (χ4v) is 2.92. The number of hydrogen-bond donors (Lipinski definition) is 1. The highest BCUT2D eigenvalue weighted by molar-refractivity contribution is 9.10. The topological polar surface area (TPSA) is 49.4 Å². The molecule has 1 aliphatic heterocycles. The molecule has 108 valence electrons. The van der Waals surface area contributed by atoms with E-state index in [2.05, 4.69) is 21.2 Å². The van der Waals surface area contributed by atoms with E-state index in [0.29, 0.717) is 31.0 Å². The van der Waals surface area contributed by atoms with Crippen LogP contribution in [0.25, 0.3) is 0 Å². The van der Waals surface area contributed by atoms with E-state index in [4.69, 9.17) is 11.6 Å². The minimum Gasteiger partial charge on any atom is -0.344 e. The zero-order valence-electron chi connectivity index (χ0n) is 11.2. The van der Waals surface area contributed by atoms with Crippen LogP contribution in [0.4, 0.5) is 0 Å². The van der Waals surface area contributed by atoms with Crippen molar-refractivity contribution in [2.75, 3.05) is 6.54 Å². The maximum Gasteiger partial charge on any atom is 0.245 e. The van der Waals surface area contributed by atoms with Crippen LogP contribution >= 0.6 is 27.5 Å². The highest BCUT2D eigenvalue weighted by Gasteiger charge is 2.28. The molecule has 1 fully saturated rings. The largest absolute Gasteiger partial charge is 0.344 e. The summed E-state index contributed by atoms with van der Waals surface area (Å²) in [6.45, 7) is 2.74. The van der Waals surface area contributed by atoms with Gasteiger partial charge >= 0.3 is 0 Å². The summed E-state index contributed by atoms with van der Waals surface area (Å²) in [5.41, 5.74) is 0.882. The van der Waals surface area contributed by atoms with E-state index in [-0.39, 0.29) is 11.8 Å². The Morgan fingerprint density at radius 2 is 2.20 bits per heavy atom. The molecule has 4 nitrogen and oxygen atoms in total. The van der Waals surface area contributed by atoms with E-state index in [1.807, 2.05) is 19.1 Å². The lowest BCUT2D eigenvalue weighted by molar-refractivity contribution is -0.134. The van der Waals surface area contributed by atoms with Gasteiger partial charge in [-0.25, -0.2) is 0 Å². The van der Waals surface area contributed by atoms with Gasteiger partial charge in [0.05, 0.1) is 0 Å². The van der Waals surface area contributed by atoms with Gasteiger partial charge in [0.1, 0.15) is 6.04 Å².